The van der Waals surface area contributed by atoms with E-state index >= 15 is 0 Å². The molecule has 94 valence electrons. The van der Waals surface area contributed by atoms with E-state index in [2.05, 4.69) is 15.3 Å². The van der Waals surface area contributed by atoms with Crippen LogP contribution in [0.3, 0.4) is 0 Å². The number of aliphatic hydroxyl groups is 1. The van der Waals surface area contributed by atoms with Gasteiger partial charge in [-0.3, -0.25) is 0 Å². The summed E-state index contributed by atoms with van der Waals surface area (Å²) in [5.74, 6) is -0.775. The average Bonchev–Trinajstić information content (AvgIpc) is 2.34. The summed E-state index contributed by atoms with van der Waals surface area (Å²) in [4.78, 5) is 18.5. The van der Waals surface area contributed by atoms with Crippen molar-refractivity contribution in [2.24, 2.45) is 0 Å². The van der Waals surface area contributed by atoms with Crippen molar-refractivity contribution in [3.8, 4) is 0 Å². The Morgan fingerprint density at radius 2 is 1.88 bits per heavy atom. The van der Waals surface area contributed by atoms with Crippen LogP contribution in [0.25, 0.3) is 0 Å². The summed E-state index contributed by atoms with van der Waals surface area (Å²) < 4.78 is 0. The van der Waals surface area contributed by atoms with Gasteiger partial charge >= 0.3 is 5.97 Å². The molecule has 1 aromatic rings. The minimum Gasteiger partial charge on any atom is -0.476 e. The first-order valence-electron chi connectivity index (χ1n) is 5.64. The van der Waals surface area contributed by atoms with Crippen LogP contribution in [0, 0.1) is 0 Å². The first kappa shape index (κ1) is 13.4. The lowest BCUT2D eigenvalue weighted by molar-refractivity contribution is 0.0691. The van der Waals surface area contributed by atoms with Crippen LogP contribution in [0.15, 0.2) is 12.4 Å². The van der Waals surface area contributed by atoms with Crippen LogP contribution < -0.4 is 5.32 Å². The number of rotatable bonds is 8. The standard InChI is InChI=1S/C11H17N3O3/c15-8-4-2-1-3-5-13-10-9(11(16)17)12-6-7-14-10/h6-7,15H,1-5,8H2,(H,13,14)(H,16,17). The SMILES string of the molecule is O=C(O)c1nccnc1NCCCCCCO. The van der Waals surface area contributed by atoms with Gasteiger partial charge in [0.2, 0.25) is 0 Å². The van der Waals surface area contributed by atoms with Gasteiger partial charge in [0, 0.05) is 25.5 Å². The number of aliphatic hydroxyl groups excluding tert-OH is 1. The first-order chi connectivity index (χ1) is 8.25. The Labute approximate surface area is 99.7 Å². The van der Waals surface area contributed by atoms with Gasteiger partial charge in [-0.15, -0.1) is 0 Å². The monoisotopic (exact) mass is 239 g/mol. The molecule has 1 aromatic heterocycles. The van der Waals surface area contributed by atoms with Crippen LogP contribution in [0.2, 0.25) is 0 Å². The minimum atomic E-state index is -1.08. The normalized spacial score (nSPS) is 10.2. The highest BCUT2D eigenvalue weighted by Gasteiger charge is 2.11. The third kappa shape index (κ3) is 4.78. The van der Waals surface area contributed by atoms with E-state index in [0.29, 0.717) is 12.4 Å². The molecule has 0 fully saturated rings. The molecule has 3 N–H and O–H groups in total. The lowest BCUT2D eigenvalue weighted by atomic mass is 10.2. The van der Waals surface area contributed by atoms with Crippen molar-refractivity contribution in [2.45, 2.75) is 25.7 Å². The Balaban J connectivity index is 2.34. The molecule has 0 aromatic carbocycles. The summed E-state index contributed by atoms with van der Waals surface area (Å²) in [7, 11) is 0. The van der Waals surface area contributed by atoms with Crippen molar-refractivity contribution in [1.29, 1.82) is 0 Å². The molecule has 1 heterocycles. The number of nitrogens with zero attached hydrogens (tertiary/aromatic N) is 2. The number of anilines is 1. The molecule has 0 saturated carbocycles. The van der Waals surface area contributed by atoms with Crippen LogP contribution in [0.4, 0.5) is 5.82 Å². The van der Waals surface area contributed by atoms with E-state index < -0.39 is 5.97 Å². The van der Waals surface area contributed by atoms with Gasteiger partial charge in [0.25, 0.3) is 0 Å². The lowest BCUT2D eigenvalue weighted by Gasteiger charge is -2.06. The summed E-state index contributed by atoms with van der Waals surface area (Å²) in [5, 5.41) is 20.4. The number of aromatic nitrogens is 2. The maximum Gasteiger partial charge on any atom is 0.358 e. The van der Waals surface area contributed by atoms with Gasteiger partial charge in [-0.25, -0.2) is 14.8 Å². The number of carboxylic acid groups (broad SMARTS) is 1. The summed E-state index contributed by atoms with van der Waals surface area (Å²) in [6.45, 7) is 0.880. The highest BCUT2D eigenvalue weighted by atomic mass is 16.4. The van der Waals surface area contributed by atoms with Gasteiger partial charge in [-0.05, 0) is 12.8 Å². The molecule has 0 aliphatic carbocycles. The molecular weight excluding hydrogens is 222 g/mol. The Morgan fingerprint density at radius 1 is 1.18 bits per heavy atom. The number of hydrogen-bond donors (Lipinski definition) is 3. The molecule has 0 unspecified atom stereocenters. The molecule has 0 radical (unpaired) electrons. The Morgan fingerprint density at radius 3 is 2.59 bits per heavy atom. The van der Waals surface area contributed by atoms with Crippen LogP contribution in [0.1, 0.15) is 36.2 Å². The fourth-order valence-corrected chi connectivity index (χ4v) is 1.42. The van der Waals surface area contributed by atoms with E-state index in [1.54, 1.807) is 0 Å². The van der Waals surface area contributed by atoms with Crippen LogP contribution in [0.5, 0.6) is 0 Å². The maximum absolute atomic E-state index is 10.8. The number of carbonyl (C=O) groups is 1. The molecule has 0 aliphatic heterocycles. The number of unbranched alkanes of at least 4 members (excludes halogenated alkanes) is 3. The van der Waals surface area contributed by atoms with Crippen molar-refractivity contribution < 1.29 is 15.0 Å². The second kappa shape index (κ2) is 7.56. The number of aromatic carboxylic acids is 1. The lowest BCUT2D eigenvalue weighted by Crippen LogP contribution is -2.11. The predicted octanol–water partition coefficient (Wildman–Crippen LogP) is 1.14. The van der Waals surface area contributed by atoms with Gasteiger partial charge in [0.1, 0.15) is 0 Å². The summed E-state index contributed by atoms with van der Waals surface area (Å²) >= 11 is 0. The third-order valence-electron chi connectivity index (χ3n) is 2.28. The molecule has 0 saturated heterocycles. The topological polar surface area (TPSA) is 95.3 Å². The summed E-state index contributed by atoms with van der Waals surface area (Å²) in [5.41, 5.74) is -0.0529. The van der Waals surface area contributed by atoms with Gasteiger partial charge in [-0.2, -0.15) is 0 Å². The molecule has 0 aliphatic rings. The van der Waals surface area contributed by atoms with Crippen molar-refractivity contribution in [3.63, 3.8) is 0 Å². The van der Waals surface area contributed by atoms with Crippen LogP contribution in [-0.4, -0.2) is 39.3 Å². The maximum atomic E-state index is 10.8. The molecule has 0 amide bonds. The van der Waals surface area contributed by atoms with Gasteiger partial charge in [0.05, 0.1) is 0 Å². The third-order valence-corrected chi connectivity index (χ3v) is 2.28. The fourth-order valence-electron chi connectivity index (χ4n) is 1.42. The molecule has 17 heavy (non-hydrogen) atoms. The quantitative estimate of drug-likeness (QED) is 0.589. The molecular formula is C11H17N3O3. The largest absolute Gasteiger partial charge is 0.476 e. The van der Waals surface area contributed by atoms with E-state index in [0.717, 1.165) is 25.7 Å². The fraction of sp³-hybridized carbons (Fsp3) is 0.545. The van der Waals surface area contributed by atoms with E-state index in [-0.39, 0.29) is 12.3 Å². The second-order valence-corrected chi connectivity index (χ2v) is 3.62. The Kier molecular flexibility index (Phi) is 5.95. The number of nitrogens with one attached hydrogen (secondary N) is 1. The summed E-state index contributed by atoms with van der Waals surface area (Å²) in [6, 6.07) is 0. The van der Waals surface area contributed by atoms with Crippen molar-refractivity contribution in [2.75, 3.05) is 18.5 Å². The smallest absolute Gasteiger partial charge is 0.358 e. The zero-order valence-electron chi connectivity index (χ0n) is 9.59. The Hall–Kier alpha value is -1.69. The zero-order valence-corrected chi connectivity index (χ0v) is 9.59. The van der Waals surface area contributed by atoms with Crippen molar-refractivity contribution >= 4 is 11.8 Å². The predicted molar refractivity (Wildman–Crippen MR) is 63.0 cm³/mol. The Bertz CT molecular complexity index is 358. The van der Waals surface area contributed by atoms with Gasteiger partial charge in [-0.1, -0.05) is 12.8 Å². The minimum absolute atomic E-state index is 0.0529. The summed E-state index contributed by atoms with van der Waals surface area (Å²) in [6.07, 6.45) is 6.51. The molecule has 6 heteroatoms. The van der Waals surface area contributed by atoms with Gasteiger partial charge < -0.3 is 15.5 Å². The number of hydrogen-bond acceptors (Lipinski definition) is 5. The highest BCUT2D eigenvalue weighted by molar-refractivity contribution is 5.90. The van der Waals surface area contributed by atoms with Crippen molar-refractivity contribution in [1.82, 2.24) is 9.97 Å². The van der Waals surface area contributed by atoms with E-state index in [1.165, 1.54) is 12.4 Å². The number of carboxylic acids is 1. The molecule has 6 nitrogen and oxygen atoms in total. The second-order valence-electron chi connectivity index (χ2n) is 3.62. The van der Waals surface area contributed by atoms with Crippen LogP contribution in [-0.2, 0) is 0 Å². The average molecular weight is 239 g/mol. The van der Waals surface area contributed by atoms with Crippen molar-refractivity contribution in [3.05, 3.63) is 18.1 Å². The zero-order chi connectivity index (χ0) is 12.5. The molecule has 1 rings (SSSR count). The van der Waals surface area contributed by atoms with Crippen LogP contribution >= 0.6 is 0 Å². The molecule has 0 spiro atoms. The molecule has 0 bridgehead atoms. The molecule has 0 atom stereocenters. The van der Waals surface area contributed by atoms with E-state index in [4.69, 9.17) is 10.2 Å². The first-order valence-corrected chi connectivity index (χ1v) is 5.64. The van der Waals surface area contributed by atoms with E-state index in [9.17, 15) is 4.79 Å². The van der Waals surface area contributed by atoms with Gasteiger partial charge in [0.15, 0.2) is 11.5 Å². The van der Waals surface area contributed by atoms with E-state index in [1.807, 2.05) is 0 Å². The highest BCUT2D eigenvalue weighted by Crippen LogP contribution is 2.08.